The quantitative estimate of drug-likeness (QED) is 0.749. The van der Waals surface area contributed by atoms with Gasteiger partial charge in [-0.3, -0.25) is 4.79 Å². The molecule has 1 aliphatic heterocycles. The lowest BCUT2D eigenvalue weighted by molar-refractivity contribution is -0.141. The van der Waals surface area contributed by atoms with Gasteiger partial charge in [0.05, 0.1) is 0 Å². The molecule has 25 heavy (non-hydrogen) atoms. The van der Waals surface area contributed by atoms with Crippen molar-refractivity contribution in [2.24, 2.45) is 0 Å². The Morgan fingerprint density at radius 2 is 1.88 bits per heavy atom. The molecule has 0 radical (unpaired) electrons. The van der Waals surface area contributed by atoms with Crippen molar-refractivity contribution in [2.45, 2.75) is 13.1 Å². The van der Waals surface area contributed by atoms with Gasteiger partial charge in [0.1, 0.15) is 17.3 Å². The number of halogens is 4. The van der Waals surface area contributed by atoms with Crippen LogP contribution in [0.25, 0.3) is 0 Å². The third kappa shape index (κ3) is 3.94. The van der Waals surface area contributed by atoms with E-state index in [0.29, 0.717) is 30.8 Å². The molecular weight excluding hydrogens is 405 g/mol. The van der Waals surface area contributed by atoms with Gasteiger partial charge in [-0.2, -0.15) is 13.2 Å². The lowest BCUT2D eigenvalue weighted by atomic mass is 10.2. The van der Waals surface area contributed by atoms with Crippen LogP contribution in [-0.2, 0) is 6.18 Å². The van der Waals surface area contributed by atoms with E-state index in [2.05, 4.69) is 25.9 Å². The van der Waals surface area contributed by atoms with Crippen molar-refractivity contribution in [3.8, 4) is 0 Å². The Morgan fingerprint density at radius 1 is 1.20 bits per heavy atom. The molecule has 0 atom stereocenters. The molecule has 0 spiro atoms. The van der Waals surface area contributed by atoms with Gasteiger partial charge < -0.3 is 14.2 Å². The highest BCUT2D eigenvalue weighted by atomic mass is 79.9. The second kappa shape index (κ2) is 6.66. The van der Waals surface area contributed by atoms with Crippen LogP contribution in [0, 0.1) is 6.92 Å². The minimum absolute atomic E-state index is 0.0590. The third-order valence-electron chi connectivity index (χ3n) is 3.79. The van der Waals surface area contributed by atoms with E-state index in [1.807, 2.05) is 0 Å². The highest BCUT2D eigenvalue weighted by Crippen LogP contribution is 2.30. The van der Waals surface area contributed by atoms with Gasteiger partial charge in [0.15, 0.2) is 10.4 Å². The van der Waals surface area contributed by atoms with Gasteiger partial charge in [-0.25, -0.2) is 9.97 Å². The van der Waals surface area contributed by atoms with E-state index in [9.17, 15) is 18.0 Å². The lowest BCUT2D eigenvalue weighted by Gasteiger charge is -2.35. The summed E-state index contributed by atoms with van der Waals surface area (Å²) < 4.78 is 44.4. The number of furan rings is 1. The SMILES string of the molecule is Cc1nc(N2CCN(C(=O)c3ccc(Br)o3)CC2)cc(C(F)(F)F)n1. The highest BCUT2D eigenvalue weighted by Gasteiger charge is 2.34. The van der Waals surface area contributed by atoms with Crippen LogP contribution in [-0.4, -0.2) is 47.0 Å². The fourth-order valence-electron chi connectivity index (χ4n) is 2.58. The van der Waals surface area contributed by atoms with Crippen molar-refractivity contribution in [2.75, 3.05) is 31.1 Å². The summed E-state index contributed by atoms with van der Waals surface area (Å²) in [6.45, 7) is 2.90. The number of nitrogens with zero attached hydrogens (tertiary/aromatic N) is 4. The first-order chi connectivity index (χ1) is 11.7. The Kier molecular flexibility index (Phi) is 4.72. The minimum atomic E-state index is -4.52. The molecule has 3 heterocycles. The second-order valence-electron chi connectivity index (χ2n) is 5.54. The summed E-state index contributed by atoms with van der Waals surface area (Å²) in [5.41, 5.74) is -0.964. The summed E-state index contributed by atoms with van der Waals surface area (Å²) in [5.74, 6) is 0.245. The van der Waals surface area contributed by atoms with E-state index < -0.39 is 11.9 Å². The van der Waals surface area contributed by atoms with Crippen molar-refractivity contribution in [1.82, 2.24) is 14.9 Å². The molecule has 2 aromatic rings. The molecule has 1 fully saturated rings. The number of amides is 1. The van der Waals surface area contributed by atoms with Crippen LogP contribution in [0.15, 0.2) is 27.3 Å². The molecule has 0 bridgehead atoms. The maximum absolute atomic E-state index is 12.9. The number of aryl methyl sites for hydroxylation is 1. The number of hydrogen-bond donors (Lipinski definition) is 0. The Bertz CT molecular complexity index is 785. The van der Waals surface area contributed by atoms with Crippen LogP contribution in [0.4, 0.5) is 19.0 Å². The molecule has 10 heteroatoms. The van der Waals surface area contributed by atoms with Crippen LogP contribution in [0.1, 0.15) is 22.1 Å². The fourth-order valence-corrected chi connectivity index (χ4v) is 2.89. The van der Waals surface area contributed by atoms with Crippen molar-refractivity contribution >= 4 is 27.7 Å². The zero-order valence-electron chi connectivity index (χ0n) is 13.2. The molecule has 0 aliphatic carbocycles. The molecule has 0 aromatic carbocycles. The fraction of sp³-hybridized carbons (Fsp3) is 0.400. The topological polar surface area (TPSA) is 62.5 Å². The third-order valence-corrected chi connectivity index (χ3v) is 4.22. The molecule has 3 rings (SSSR count). The number of carbonyl (C=O) groups excluding carboxylic acids is 1. The molecule has 1 saturated heterocycles. The number of rotatable bonds is 2. The first kappa shape index (κ1) is 17.7. The summed E-state index contributed by atoms with van der Waals surface area (Å²) in [7, 11) is 0. The molecule has 1 aliphatic rings. The molecule has 1 amide bonds. The maximum atomic E-state index is 12.9. The zero-order chi connectivity index (χ0) is 18.2. The molecule has 134 valence electrons. The van der Waals surface area contributed by atoms with E-state index in [4.69, 9.17) is 4.42 Å². The van der Waals surface area contributed by atoms with Crippen LogP contribution in [0.2, 0.25) is 0 Å². The number of aromatic nitrogens is 2. The summed E-state index contributed by atoms with van der Waals surface area (Å²) >= 11 is 3.14. The summed E-state index contributed by atoms with van der Waals surface area (Å²) in [5, 5.41) is 0. The van der Waals surface area contributed by atoms with Gasteiger partial charge in [-0.05, 0) is 35.0 Å². The Hall–Kier alpha value is -2.10. The minimum Gasteiger partial charge on any atom is -0.444 e. The molecule has 6 nitrogen and oxygen atoms in total. The van der Waals surface area contributed by atoms with E-state index in [-0.39, 0.29) is 23.3 Å². The predicted molar refractivity (Wildman–Crippen MR) is 86.3 cm³/mol. The van der Waals surface area contributed by atoms with Gasteiger partial charge in [0, 0.05) is 32.2 Å². The first-order valence-electron chi connectivity index (χ1n) is 7.46. The van der Waals surface area contributed by atoms with Crippen LogP contribution >= 0.6 is 15.9 Å². The van der Waals surface area contributed by atoms with Gasteiger partial charge in [-0.15, -0.1) is 0 Å². The second-order valence-corrected chi connectivity index (χ2v) is 6.32. The standard InChI is InChI=1S/C15H14BrF3N4O2/c1-9-20-11(15(17,18)19)8-13(21-9)22-4-6-23(7-5-22)14(24)10-2-3-12(16)25-10/h2-3,8H,4-7H2,1H3. The van der Waals surface area contributed by atoms with Crippen LogP contribution in [0.5, 0.6) is 0 Å². The molecular formula is C15H14BrF3N4O2. The van der Waals surface area contributed by atoms with Gasteiger partial charge >= 0.3 is 6.18 Å². The zero-order valence-corrected chi connectivity index (χ0v) is 14.8. The van der Waals surface area contributed by atoms with Gasteiger partial charge in [0.25, 0.3) is 5.91 Å². The Morgan fingerprint density at radius 3 is 2.44 bits per heavy atom. The average Bonchev–Trinajstić information content (AvgIpc) is 2.99. The van der Waals surface area contributed by atoms with E-state index in [0.717, 1.165) is 6.07 Å². The lowest BCUT2D eigenvalue weighted by Crippen LogP contribution is -2.49. The summed E-state index contributed by atoms with van der Waals surface area (Å²) in [6.07, 6.45) is -4.52. The normalized spacial score (nSPS) is 15.6. The summed E-state index contributed by atoms with van der Waals surface area (Å²) in [4.78, 5) is 23.2. The first-order valence-corrected chi connectivity index (χ1v) is 8.26. The van der Waals surface area contributed by atoms with Crippen molar-refractivity contribution in [3.63, 3.8) is 0 Å². The monoisotopic (exact) mass is 418 g/mol. The number of hydrogen-bond acceptors (Lipinski definition) is 5. The maximum Gasteiger partial charge on any atom is 0.433 e. The number of anilines is 1. The molecule has 0 N–H and O–H groups in total. The Labute approximate surface area is 149 Å². The van der Waals surface area contributed by atoms with Gasteiger partial charge in [0.2, 0.25) is 0 Å². The summed E-state index contributed by atoms with van der Waals surface area (Å²) in [6, 6.07) is 4.14. The smallest absolute Gasteiger partial charge is 0.433 e. The van der Waals surface area contributed by atoms with Gasteiger partial charge in [-0.1, -0.05) is 0 Å². The van der Waals surface area contributed by atoms with E-state index >= 15 is 0 Å². The van der Waals surface area contributed by atoms with E-state index in [1.54, 1.807) is 21.9 Å². The van der Waals surface area contributed by atoms with Crippen molar-refractivity contribution < 1.29 is 22.4 Å². The molecule has 0 saturated carbocycles. The molecule has 2 aromatic heterocycles. The van der Waals surface area contributed by atoms with Crippen LogP contribution < -0.4 is 4.90 Å². The largest absolute Gasteiger partial charge is 0.444 e. The molecule has 0 unspecified atom stereocenters. The van der Waals surface area contributed by atoms with Crippen molar-refractivity contribution in [1.29, 1.82) is 0 Å². The number of alkyl halides is 3. The number of carbonyl (C=O) groups is 1. The average molecular weight is 419 g/mol. The van der Waals surface area contributed by atoms with E-state index in [1.165, 1.54) is 6.92 Å². The predicted octanol–water partition coefficient (Wildman–Crippen LogP) is 3.12. The van der Waals surface area contributed by atoms with Crippen molar-refractivity contribution in [3.05, 3.63) is 40.1 Å². The Balaban J connectivity index is 1.70. The highest BCUT2D eigenvalue weighted by molar-refractivity contribution is 9.10. The van der Waals surface area contributed by atoms with Crippen LogP contribution in [0.3, 0.4) is 0 Å². The number of piperazine rings is 1.